The Kier molecular flexibility index (Phi) is 4.40. The van der Waals surface area contributed by atoms with E-state index in [-0.39, 0.29) is 0 Å². The third-order valence-corrected chi connectivity index (χ3v) is 2.55. The fourth-order valence-corrected chi connectivity index (χ4v) is 1.46. The van der Waals surface area contributed by atoms with Crippen LogP contribution in [0.3, 0.4) is 0 Å². The third kappa shape index (κ3) is 3.00. The van der Waals surface area contributed by atoms with Crippen LogP contribution in [0.2, 0.25) is 0 Å². The molecule has 0 aromatic carbocycles. The van der Waals surface area contributed by atoms with Crippen molar-refractivity contribution in [1.29, 1.82) is 0 Å². The van der Waals surface area contributed by atoms with Crippen molar-refractivity contribution in [2.75, 3.05) is 25.0 Å². The zero-order valence-electron chi connectivity index (χ0n) is 8.98. The molecule has 2 N–H and O–H groups in total. The van der Waals surface area contributed by atoms with Crippen LogP contribution in [0.5, 0.6) is 0 Å². The standard InChI is InChI=1S/C11H19N3/c1-3-10(8-12)9-14(2)11-4-6-13-7-5-11/h4-7,10H,3,8-9,12H2,1-2H3. The van der Waals surface area contributed by atoms with Gasteiger partial charge in [-0.2, -0.15) is 0 Å². The molecule has 0 aliphatic carbocycles. The molecule has 3 heteroatoms. The van der Waals surface area contributed by atoms with Gasteiger partial charge in [0.05, 0.1) is 0 Å². The Bertz CT molecular complexity index is 244. The Labute approximate surface area is 85.9 Å². The molecule has 1 aromatic heterocycles. The number of aromatic nitrogens is 1. The van der Waals surface area contributed by atoms with Gasteiger partial charge in [-0.05, 0) is 24.6 Å². The Hall–Kier alpha value is -1.09. The first kappa shape index (κ1) is 11.0. The lowest BCUT2D eigenvalue weighted by Gasteiger charge is -2.23. The summed E-state index contributed by atoms with van der Waals surface area (Å²) < 4.78 is 0. The van der Waals surface area contributed by atoms with Gasteiger partial charge in [0, 0.05) is 31.7 Å². The minimum absolute atomic E-state index is 0.577. The zero-order valence-corrected chi connectivity index (χ0v) is 8.98. The lowest BCUT2D eigenvalue weighted by Crippen LogP contribution is -2.29. The maximum absolute atomic E-state index is 5.67. The fourth-order valence-electron chi connectivity index (χ4n) is 1.46. The van der Waals surface area contributed by atoms with E-state index in [0.717, 1.165) is 19.5 Å². The molecule has 14 heavy (non-hydrogen) atoms. The van der Waals surface area contributed by atoms with Crippen LogP contribution in [0.15, 0.2) is 24.5 Å². The molecular weight excluding hydrogens is 174 g/mol. The molecule has 0 aliphatic heterocycles. The monoisotopic (exact) mass is 193 g/mol. The second-order valence-corrected chi connectivity index (χ2v) is 3.60. The molecule has 0 aliphatic rings. The fraction of sp³-hybridized carbons (Fsp3) is 0.545. The van der Waals surface area contributed by atoms with Crippen LogP contribution in [0.1, 0.15) is 13.3 Å². The summed E-state index contributed by atoms with van der Waals surface area (Å²) in [6.45, 7) is 3.95. The normalized spacial score (nSPS) is 12.5. The van der Waals surface area contributed by atoms with Gasteiger partial charge in [-0.3, -0.25) is 4.98 Å². The first-order valence-corrected chi connectivity index (χ1v) is 5.09. The van der Waals surface area contributed by atoms with Crippen LogP contribution >= 0.6 is 0 Å². The Morgan fingerprint density at radius 2 is 2.07 bits per heavy atom. The number of hydrogen-bond donors (Lipinski definition) is 1. The highest BCUT2D eigenvalue weighted by Gasteiger charge is 2.07. The van der Waals surface area contributed by atoms with Crippen LogP contribution in [0.25, 0.3) is 0 Å². The molecule has 0 saturated heterocycles. The van der Waals surface area contributed by atoms with Crippen molar-refractivity contribution in [2.24, 2.45) is 11.7 Å². The maximum Gasteiger partial charge on any atom is 0.0394 e. The summed E-state index contributed by atoms with van der Waals surface area (Å²) in [5, 5.41) is 0. The first-order chi connectivity index (χ1) is 6.77. The number of nitrogens with two attached hydrogens (primary N) is 1. The highest BCUT2D eigenvalue weighted by molar-refractivity contribution is 5.43. The molecule has 1 unspecified atom stereocenters. The molecule has 0 amide bonds. The second-order valence-electron chi connectivity index (χ2n) is 3.60. The average Bonchev–Trinajstić information content (AvgIpc) is 2.26. The van der Waals surface area contributed by atoms with E-state index in [1.54, 1.807) is 0 Å². The molecule has 1 heterocycles. The molecule has 1 aromatic rings. The van der Waals surface area contributed by atoms with Crippen molar-refractivity contribution in [1.82, 2.24) is 4.98 Å². The van der Waals surface area contributed by atoms with Crippen molar-refractivity contribution in [3.63, 3.8) is 0 Å². The van der Waals surface area contributed by atoms with Crippen molar-refractivity contribution >= 4 is 5.69 Å². The number of rotatable bonds is 5. The van der Waals surface area contributed by atoms with Crippen molar-refractivity contribution in [3.8, 4) is 0 Å². The lowest BCUT2D eigenvalue weighted by atomic mass is 10.1. The predicted molar refractivity (Wildman–Crippen MR) is 60.3 cm³/mol. The highest BCUT2D eigenvalue weighted by atomic mass is 15.1. The van der Waals surface area contributed by atoms with E-state index in [1.807, 2.05) is 24.5 Å². The van der Waals surface area contributed by atoms with E-state index >= 15 is 0 Å². The summed E-state index contributed by atoms with van der Waals surface area (Å²) in [5.41, 5.74) is 6.87. The topological polar surface area (TPSA) is 42.1 Å². The van der Waals surface area contributed by atoms with Gasteiger partial charge in [-0.15, -0.1) is 0 Å². The minimum Gasteiger partial charge on any atom is -0.374 e. The molecule has 0 saturated carbocycles. The quantitative estimate of drug-likeness (QED) is 0.770. The summed E-state index contributed by atoms with van der Waals surface area (Å²) in [7, 11) is 2.09. The van der Waals surface area contributed by atoms with E-state index in [2.05, 4.69) is 23.9 Å². The molecule has 0 spiro atoms. The summed E-state index contributed by atoms with van der Waals surface area (Å²) in [6, 6.07) is 4.03. The third-order valence-electron chi connectivity index (χ3n) is 2.55. The summed E-state index contributed by atoms with van der Waals surface area (Å²) in [6.07, 6.45) is 4.76. The van der Waals surface area contributed by atoms with Crippen LogP contribution in [0, 0.1) is 5.92 Å². The lowest BCUT2D eigenvalue weighted by molar-refractivity contribution is 0.521. The molecule has 0 radical (unpaired) electrons. The largest absolute Gasteiger partial charge is 0.374 e. The van der Waals surface area contributed by atoms with Crippen molar-refractivity contribution in [2.45, 2.75) is 13.3 Å². The van der Waals surface area contributed by atoms with Gasteiger partial charge in [0.15, 0.2) is 0 Å². The van der Waals surface area contributed by atoms with Gasteiger partial charge in [0.2, 0.25) is 0 Å². The molecule has 78 valence electrons. The van der Waals surface area contributed by atoms with Crippen LogP contribution in [-0.4, -0.2) is 25.1 Å². The number of pyridine rings is 1. The maximum atomic E-state index is 5.67. The van der Waals surface area contributed by atoms with Gasteiger partial charge < -0.3 is 10.6 Å². The van der Waals surface area contributed by atoms with Crippen LogP contribution in [-0.2, 0) is 0 Å². The van der Waals surface area contributed by atoms with Gasteiger partial charge >= 0.3 is 0 Å². The van der Waals surface area contributed by atoms with Gasteiger partial charge in [-0.25, -0.2) is 0 Å². The average molecular weight is 193 g/mol. The van der Waals surface area contributed by atoms with Crippen LogP contribution < -0.4 is 10.6 Å². The van der Waals surface area contributed by atoms with Gasteiger partial charge in [0.25, 0.3) is 0 Å². The Morgan fingerprint density at radius 3 is 2.57 bits per heavy atom. The van der Waals surface area contributed by atoms with E-state index in [4.69, 9.17) is 5.73 Å². The van der Waals surface area contributed by atoms with E-state index < -0.39 is 0 Å². The van der Waals surface area contributed by atoms with Crippen molar-refractivity contribution in [3.05, 3.63) is 24.5 Å². The summed E-state index contributed by atoms with van der Waals surface area (Å²) in [4.78, 5) is 6.22. The summed E-state index contributed by atoms with van der Waals surface area (Å²) in [5.74, 6) is 0.577. The highest BCUT2D eigenvalue weighted by Crippen LogP contribution is 2.12. The molecule has 1 atom stereocenters. The van der Waals surface area contributed by atoms with E-state index in [9.17, 15) is 0 Å². The van der Waals surface area contributed by atoms with E-state index in [0.29, 0.717) is 5.92 Å². The van der Waals surface area contributed by atoms with Crippen molar-refractivity contribution < 1.29 is 0 Å². The molecular formula is C11H19N3. The first-order valence-electron chi connectivity index (χ1n) is 5.09. The molecule has 0 fully saturated rings. The minimum atomic E-state index is 0.577. The number of hydrogen-bond acceptors (Lipinski definition) is 3. The molecule has 1 rings (SSSR count). The van der Waals surface area contributed by atoms with Gasteiger partial charge in [-0.1, -0.05) is 13.3 Å². The second kappa shape index (κ2) is 5.60. The van der Waals surface area contributed by atoms with Gasteiger partial charge in [0.1, 0.15) is 0 Å². The number of anilines is 1. The Morgan fingerprint density at radius 1 is 1.43 bits per heavy atom. The molecule has 0 bridgehead atoms. The molecule has 3 nitrogen and oxygen atoms in total. The smallest absolute Gasteiger partial charge is 0.0394 e. The zero-order chi connectivity index (χ0) is 10.4. The summed E-state index contributed by atoms with van der Waals surface area (Å²) >= 11 is 0. The van der Waals surface area contributed by atoms with Crippen LogP contribution in [0.4, 0.5) is 5.69 Å². The number of nitrogens with zero attached hydrogens (tertiary/aromatic N) is 2. The van der Waals surface area contributed by atoms with E-state index in [1.165, 1.54) is 5.69 Å². The SMILES string of the molecule is CCC(CN)CN(C)c1ccncc1. The Balaban J connectivity index is 2.54. The predicted octanol–water partition coefficient (Wildman–Crippen LogP) is 1.50.